The fraction of sp³-hybridized carbons (Fsp3) is 0.333. The number of halogens is 2. The van der Waals surface area contributed by atoms with Gasteiger partial charge in [0.1, 0.15) is 0 Å². The van der Waals surface area contributed by atoms with Crippen molar-refractivity contribution in [3.05, 3.63) is 0 Å². The summed E-state index contributed by atoms with van der Waals surface area (Å²) in [6, 6.07) is 0. The first-order chi connectivity index (χ1) is 3.13. The molecule has 0 spiro atoms. The lowest BCUT2D eigenvalue weighted by Crippen LogP contribution is -3.00. The Morgan fingerprint density at radius 1 is 1.00 bits per heavy atom. The Morgan fingerprint density at radius 2 is 1.22 bits per heavy atom. The van der Waals surface area contributed by atoms with E-state index in [1.807, 2.05) is 0 Å². The first-order valence-corrected chi connectivity index (χ1v) is 1.52. The van der Waals surface area contributed by atoms with Crippen LogP contribution in [0.4, 0.5) is 0 Å². The summed E-state index contributed by atoms with van der Waals surface area (Å²) in [5, 5.41) is 18.6. The van der Waals surface area contributed by atoms with E-state index in [0.717, 1.165) is 0 Å². The number of rotatable bonds is 2. The predicted octanol–water partition coefficient (Wildman–Crippen LogP) is -10.2. The molecule has 0 aromatic carbocycles. The third-order valence-corrected chi connectivity index (χ3v) is 0.289. The van der Waals surface area contributed by atoms with Crippen molar-refractivity contribution in [2.75, 3.05) is 0 Å². The smallest absolute Gasteiger partial charge is 0.235 e. The van der Waals surface area contributed by atoms with Crippen molar-refractivity contribution < 1.29 is 67.8 Å². The summed E-state index contributed by atoms with van der Waals surface area (Å²) in [6.45, 7) is 0. The highest BCUT2D eigenvalue weighted by molar-refractivity contribution is 5.86. The number of carbonyl (C=O) groups excluding carboxylic acids is 2. The molecule has 0 amide bonds. The summed E-state index contributed by atoms with van der Waals surface area (Å²) in [4.78, 5) is 18.6. The monoisotopic (exact) mass is 360 g/mol. The molecule has 0 saturated carbocycles. The van der Waals surface area contributed by atoms with Gasteiger partial charge in [-0.2, -0.15) is 0 Å². The van der Waals surface area contributed by atoms with Crippen LogP contribution in [-0.2, 0) is 9.59 Å². The van der Waals surface area contributed by atoms with E-state index in [0.29, 0.717) is 0 Å². The van der Waals surface area contributed by atoms with E-state index in [4.69, 9.17) is 0 Å². The third kappa shape index (κ3) is 17.8. The van der Waals surface area contributed by atoms with E-state index in [9.17, 15) is 19.8 Å². The molecule has 4 nitrogen and oxygen atoms in total. The van der Waals surface area contributed by atoms with Crippen molar-refractivity contribution in [3.63, 3.8) is 0 Å². The highest BCUT2D eigenvalue weighted by Crippen LogP contribution is 1.66. The second kappa shape index (κ2) is 8.40. The van der Waals surface area contributed by atoms with Crippen LogP contribution in [0.25, 0.3) is 0 Å². The van der Waals surface area contributed by atoms with Crippen LogP contribution >= 0.6 is 0 Å². The molecular weight excluding hydrogens is 354 g/mol. The molecule has 0 saturated heterocycles. The minimum absolute atomic E-state index is 0. The molecule has 0 bridgehead atoms. The fourth-order valence-corrected chi connectivity index (χ4v) is 0.118. The van der Waals surface area contributed by atoms with Gasteiger partial charge in [0.2, 0.25) is 48.0 Å². The zero-order valence-corrected chi connectivity index (χ0v) is 9.34. The maximum absolute atomic E-state index is 9.28. The van der Waals surface area contributed by atoms with Gasteiger partial charge in [-0.3, -0.25) is 0 Å². The zero-order chi connectivity index (χ0) is 5.86. The first-order valence-electron chi connectivity index (χ1n) is 1.52. The highest BCUT2D eigenvalue weighted by atomic mass is 127. The average molecular weight is 360 g/mol. The zero-order valence-electron chi connectivity index (χ0n) is 4.23. The van der Waals surface area contributed by atoms with Gasteiger partial charge >= 0.3 is 0 Å². The van der Waals surface area contributed by atoms with E-state index in [1.165, 1.54) is 0 Å². The summed E-state index contributed by atoms with van der Waals surface area (Å²) >= 11 is 0. The van der Waals surface area contributed by atoms with Crippen molar-refractivity contribution in [2.24, 2.45) is 0 Å². The van der Waals surface area contributed by atoms with E-state index in [-0.39, 0.29) is 48.0 Å². The summed E-state index contributed by atoms with van der Waals surface area (Å²) in [5.41, 5.74) is 0. The topological polar surface area (TPSA) is 80.3 Å². The van der Waals surface area contributed by atoms with Gasteiger partial charge in [-0.05, 0) is 0 Å². The van der Waals surface area contributed by atoms with Crippen LogP contribution in [0, 0.1) is 0 Å². The molecule has 0 aromatic rings. The second-order valence-electron chi connectivity index (χ2n) is 0.921. The SMILES string of the molecule is O=C([O-])CC(=O)[O-].[IH2+].[IH2+]. The van der Waals surface area contributed by atoms with Crippen molar-refractivity contribution in [1.82, 2.24) is 0 Å². The minimum atomic E-state index is -1.63. The molecule has 0 aliphatic carbocycles. The molecule has 56 valence electrons. The molecule has 0 rings (SSSR count). The van der Waals surface area contributed by atoms with E-state index in [1.54, 1.807) is 0 Å². The molecular formula is C3H6I2O4. The van der Waals surface area contributed by atoms with Gasteiger partial charge in [0.25, 0.3) is 0 Å². The maximum Gasteiger partial charge on any atom is 0.235 e. The van der Waals surface area contributed by atoms with Gasteiger partial charge in [0.05, 0.1) is 0 Å². The Kier molecular flexibility index (Phi) is 15.1. The minimum Gasteiger partial charge on any atom is -0.550 e. The molecule has 0 aromatic heterocycles. The summed E-state index contributed by atoms with van der Waals surface area (Å²) < 4.78 is 0. The van der Waals surface area contributed by atoms with Crippen molar-refractivity contribution >= 4 is 11.9 Å². The molecule has 0 N–H and O–H groups in total. The molecule has 0 aliphatic rings. The van der Waals surface area contributed by atoms with Crippen LogP contribution in [0.5, 0.6) is 0 Å². The molecule has 6 heteroatoms. The Labute approximate surface area is 85.7 Å². The van der Waals surface area contributed by atoms with Crippen LogP contribution in [0.15, 0.2) is 0 Å². The quantitative estimate of drug-likeness (QED) is 0.362. The van der Waals surface area contributed by atoms with E-state index in [2.05, 4.69) is 0 Å². The lowest BCUT2D eigenvalue weighted by Gasteiger charge is -1.99. The second-order valence-corrected chi connectivity index (χ2v) is 0.921. The molecule has 0 fully saturated rings. The van der Waals surface area contributed by atoms with E-state index >= 15 is 0 Å². The largest absolute Gasteiger partial charge is 0.550 e. The van der Waals surface area contributed by atoms with Gasteiger partial charge < -0.3 is 19.8 Å². The summed E-state index contributed by atoms with van der Waals surface area (Å²) in [7, 11) is 0. The van der Waals surface area contributed by atoms with Crippen LogP contribution in [0.2, 0.25) is 0 Å². The Bertz CT molecular complexity index is 90.0. The molecule has 0 radical (unpaired) electrons. The normalized spacial score (nSPS) is 6.22. The molecule has 9 heavy (non-hydrogen) atoms. The van der Waals surface area contributed by atoms with Gasteiger partial charge in [0.15, 0.2) is 0 Å². The first kappa shape index (κ1) is 16.2. The van der Waals surface area contributed by atoms with Crippen LogP contribution in [0.1, 0.15) is 6.42 Å². The third-order valence-electron chi connectivity index (χ3n) is 0.289. The van der Waals surface area contributed by atoms with Gasteiger partial charge in [0, 0.05) is 18.4 Å². The number of hydrogen-bond donors (Lipinski definition) is 0. The lowest BCUT2D eigenvalue weighted by atomic mass is 10.5. The van der Waals surface area contributed by atoms with Crippen LogP contribution < -0.4 is 58.2 Å². The predicted molar refractivity (Wildman–Crippen MR) is 20.2 cm³/mol. The van der Waals surface area contributed by atoms with Crippen LogP contribution in [-0.4, -0.2) is 11.9 Å². The molecule has 0 heterocycles. The standard InChI is InChI=1S/C3H4O4.2H2I/c4-2(5)1-3(6)7;;/h1H2,(H,4,5)(H,6,7);2*1H2/q;2*+1/p-2. The van der Waals surface area contributed by atoms with Crippen molar-refractivity contribution in [3.8, 4) is 0 Å². The van der Waals surface area contributed by atoms with Gasteiger partial charge in [-0.15, -0.1) is 0 Å². The number of aliphatic carboxylic acids is 2. The molecule has 0 unspecified atom stereocenters. The van der Waals surface area contributed by atoms with Gasteiger partial charge in [-0.1, -0.05) is 0 Å². The number of carboxylic acid groups (broad SMARTS) is 2. The van der Waals surface area contributed by atoms with Crippen molar-refractivity contribution in [1.29, 1.82) is 0 Å². The number of carboxylic acids is 2. The molecule has 0 aliphatic heterocycles. The summed E-state index contributed by atoms with van der Waals surface area (Å²) in [5.74, 6) is -3.25. The number of hydrogen-bond acceptors (Lipinski definition) is 4. The molecule has 0 atom stereocenters. The Balaban J connectivity index is -0.000000180. The maximum atomic E-state index is 9.28. The van der Waals surface area contributed by atoms with Crippen molar-refractivity contribution in [2.45, 2.75) is 6.42 Å². The average Bonchev–Trinajstić information content (AvgIpc) is 1.27. The summed E-state index contributed by atoms with van der Waals surface area (Å²) in [6.07, 6.45) is -1.03. The Morgan fingerprint density at radius 3 is 1.22 bits per heavy atom. The van der Waals surface area contributed by atoms with Crippen LogP contribution in [0.3, 0.4) is 0 Å². The van der Waals surface area contributed by atoms with E-state index < -0.39 is 18.4 Å². The Hall–Kier alpha value is 0.400. The lowest BCUT2D eigenvalue weighted by molar-refractivity contribution is -0.322. The van der Waals surface area contributed by atoms with Gasteiger partial charge in [-0.25, -0.2) is 0 Å². The fourth-order valence-electron chi connectivity index (χ4n) is 0.118. The number of carbonyl (C=O) groups is 2. The highest BCUT2D eigenvalue weighted by Gasteiger charge is 1.81.